The molecule has 1 aromatic carbocycles. The fraction of sp³-hybridized carbons (Fsp3) is 0.667. The summed E-state index contributed by atoms with van der Waals surface area (Å²) in [5.74, 6) is 0.888. The second-order valence-electron chi connectivity index (χ2n) is 8.29. The number of carbonyl (C=O) groups is 1. The molecule has 0 aliphatic carbocycles. The average Bonchev–Trinajstić information content (AvgIpc) is 2.93. The zero-order valence-corrected chi connectivity index (χ0v) is 16.2. The van der Waals surface area contributed by atoms with Gasteiger partial charge in [-0.3, -0.25) is 14.6 Å². The van der Waals surface area contributed by atoms with Gasteiger partial charge in [0.25, 0.3) is 0 Å². The predicted octanol–water partition coefficient (Wildman–Crippen LogP) is 2.81. The first kappa shape index (κ1) is 18.4. The zero-order chi connectivity index (χ0) is 18.0. The molecule has 138 valence electrons. The van der Waals surface area contributed by atoms with E-state index in [0.29, 0.717) is 18.0 Å². The third-order valence-electron chi connectivity index (χ3n) is 6.51. The summed E-state index contributed by atoms with van der Waals surface area (Å²) in [4.78, 5) is 19.1. The van der Waals surface area contributed by atoms with Crippen LogP contribution in [0.3, 0.4) is 0 Å². The number of hydrogen-bond donors (Lipinski definition) is 0. The van der Waals surface area contributed by atoms with Crippen molar-refractivity contribution >= 4 is 5.91 Å². The van der Waals surface area contributed by atoms with Gasteiger partial charge >= 0.3 is 0 Å². The van der Waals surface area contributed by atoms with E-state index in [4.69, 9.17) is 0 Å². The highest BCUT2D eigenvalue weighted by Gasteiger charge is 2.45. The van der Waals surface area contributed by atoms with Gasteiger partial charge in [0.1, 0.15) is 0 Å². The third-order valence-corrected chi connectivity index (χ3v) is 6.51. The van der Waals surface area contributed by atoms with Crippen LogP contribution in [0.1, 0.15) is 44.6 Å². The lowest BCUT2D eigenvalue weighted by Gasteiger charge is -2.43. The van der Waals surface area contributed by atoms with Crippen molar-refractivity contribution in [1.29, 1.82) is 0 Å². The van der Waals surface area contributed by atoms with Crippen LogP contribution in [0.15, 0.2) is 30.3 Å². The van der Waals surface area contributed by atoms with Crippen molar-refractivity contribution in [3.8, 4) is 0 Å². The molecule has 2 heterocycles. The monoisotopic (exact) mass is 343 g/mol. The first-order valence-corrected chi connectivity index (χ1v) is 9.65. The van der Waals surface area contributed by atoms with E-state index < -0.39 is 0 Å². The minimum Gasteiger partial charge on any atom is -0.342 e. The van der Waals surface area contributed by atoms with E-state index in [1.165, 1.54) is 24.8 Å². The minimum atomic E-state index is 0.243. The minimum absolute atomic E-state index is 0.243. The van der Waals surface area contributed by atoms with Crippen molar-refractivity contribution in [1.82, 2.24) is 14.7 Å². The Labute approximate surface area is 152 Å². The van der Waals surface area contributed by atoms with Gasteiger partial charge in [0, 0.05) is 38.3 Å². The topological polar surface area (TPSA) is 26.8 Å². The fourth-order valence-electron chi connectivity index (χ4n) is 4.46. The van der Waals surface area contributed by atoms with Gasteiger partial charge in [0.05, 0.1) is 6.54 Å². The molecule has 2 fully saturated rings. The maximum Gasteiger partial charge on any atom is 0.236 e. The highest BCUT2D eigenvalue weighted by Crippen LogP contribution is 2.43. The van der Waals surface area contributed by atoms with Crippen LogP contribution in [-0.4, -0.2) is 72.5 Å². The van der Waals surface area contributed by atoms with E-state index in [1.807, 2.05) is 11.9 Å². The van der Waals surface area contributed by atoms with Crippen LogP contribution in [0.4, 0.5) is 0 Å². The number of carbonyl (C=O) groups excluding carboxylic acids is 1. The maximum absolute atomic E-state index is 12.3. The first-order valence-electron chi connectivity index (χ1n) is 9.65. The summed E-state index contributed by atoms with van der Waals surface area (Å²) in [6.45, 7) is 7.92. The van der Waals surface area contributed by atoms with E-state index in [9.17, 15) is 4.79 Å². The largest absolute Gasteiger partial charge is 0.342 e. The Balaban J connectivity index is 1.57. The average molecular weight is 344 g/mol. The van der Waals surface area contributed by atoms with Crippen LogP contribution in [0, 0.1) is 0 Å². The summed E-state index contributed by atoms with van der Waals surface area (Å²) in [6, 6.07) is 11.2. The standard InChI is InChI=1S/C21H33N3O/c1-17(2)23(4)20(25)16-24-12-10-21(11-13-24)14-19(15-22(21)3)18-8-6-5-7-9-18/h5-9,17,19H,10-16H2,1-4H3/t19-/m1/s1. The lowest BCUT2D eigenvalue weighted by molar-refractivity contribution is -0.133. The van der Waals surface area contributed by atoms with Crippen LogP contribution >= 0.6 is 0 Å². The fourth-order valence-corrected chi connectivity index (χ4v) is 4.46. The van der Waals surface area contributed by atoms with Crippen LogP contribution in [-0.2, 0) is 4.79 Å². The predicted molar refractivity (Wildman–Crippen MR) is 103 cm³/mol. The summed E-state index contributed by atoms with van der Waals surface area (Å²) in [5.41, 5.74) is 1.80. The van der Waals surface area contributed by atoms with E-state index in [0.717, 1.165) is 19.6 Å². The molecule has 1 spiro atoms. The Morgan fingerprint density at radius 1 is 1.24 bits per heavy atom. The molecular weight excluding hydrogens is 310 g/mol. The van der Waals surface area contributed by atoms with Crippen molar-refractivity contribution in [3.05, 3.63) is 35.9 Å². The molecular formula is C21H33N3O. The van der Waals surface area contributed by atoms with E-state index in [-0.39, 0.29) is 11.9 Å². The van der Waals surface area contributed by atoms with Crippen LogP contribution in [0.5, 0.6) is 0 Å². The molecule has 2 aliphatic heterocycles. The van der Waals surface area contributed by atoms with E-state index in [2.05, 4.69) is 61.0 Å². The number of nitrogens with zero attached hydrogens (tertiary/aromatic N) is 3. The Kier molecular flexibility index (Phi) is 5.49. The first-order chi connectivity index (χ1) is 11.9. The number of hydrogen-bond acceptors (Lipinski definition) is 3. The normalized spacial score (nSPS) is 24.1. The highest BCUT2D eigenvalue weighted by atomic mass is 16.2. The number of rotatable bonds is 4. The number of benzene rings is 1. The molecule has 2 aliphatic rings. The third kappa shape index (κ3) is 3.90. The van der Waals surface area contributed by atoms with Crippen molar-refractivity contribution in [2.45, 2.75) is 50.6 Å². The lowest BCUT2D eigenvalue weighted by Crippen LogP contribution is -2.52. The molecule has 0 bridgehead atoms. The summed E-state index contributed by atoms with van der Waals surface area (Å²) in [6.07, 6.45) is 3.60. The van der Waals surface area contributed by atoms with Gasteiger partial charge in [-0.05, 0) is 51.6 Å². The van der Waals surface area contributed by atoms with Crippen molar-refractivity contribution in [2.24, 2.45) is 0 Å². The maximum atomic E-state index is 12.3. The second-order valence-corrected chi connectivity index (χ2v) is 8.29. The van der Waals surface area contributed by atoms with Gasteiger partial charge in [-0.1, -0.05) is 30.3 Å². The van der Waals surface area contributed by atoms with Crippen molar-refractivity contribution in [2.75, 3.05) is 40.3 Å². The number of piperidine rings is 1. The molecule has 4 heteroatoms. The quantitative estimate of drug-likeness (QED) is 0.841. The molecule has 0 unspecified atom stereocenters. The van der Waals surface area contributed by atoms with Crippen molar-refractivity contribution in [3.63, 3.8) is 0 Å². The van der Waals surface area contributed by atoms with Gasteiger partial charge < -0.3 is 4.90 Å². The smallest absolute Gasteiger partial charge is 0.236 e. The SMILES string of the molecule is CC(C)N(C)C(=O)CN1CCC2(CC1)C[C@@H](c1ccccc1)CN2C. The Bertz CT molecular complexity index is 578. The summed E-state index contributed by atoms with van der Waals surface area (Å²) in [5, 5.41) is 0. The van der Waals surface area contributed by atoms with Crippen molar-refractivity contribution < 1.29 is 4.79 Å². The Morgan fingerprint density at radius 2 is 1.88 bits per heavy atom. The molecule has 0 aromatic heterocycles. The molecule has 2 saturated heterocycles. The van der Waals surface area contributed by atoms with Crippen LogP contribution in [0.2, 0.25) is 0 Å². The zero-order valence-electron chi connectivity index (χ0n) is 16.2. The van der Waals surface area contributed by atoms with E-state index >= 15 is 0 Å². The van der Waals surface area contributed by atoms with Gasteiger partial charge in [0.15, 0.2) is 0 Å². The molecule has 0 radical (unpaired) electrons. The Hall–Kier alpha value is -1.39. The van der Waals surface area contributed by atoms with E-state index in [1.54, 1.807) is 0 Å². The highest BCUT2D eigenvalue weighted by molar-refractivity contribution is 5.78. The van der Waals surface area contributed by atoms with Gasteiger partial charge in [-0.15, -0.1) is 0 Å². The summed E-state index contributed by atoms with van der Waals surface area (Å²) < 4.78 is 0. The molecule has 0 saturated carbocycles. The molecule has 4 nitrogen and oxygen atoms in total. The molecule has 3 rings (SSSR count). The van der Waals surface area contributed by atoms with Crippen LogP contribution < -0.4 is 0 Å². The molecule has 1 aromatic rings. The van der Waals surface area contributed by atoms with Gasteiger partial charge in [0.2, 0.25) is 5.91 Å². The molecule has 0 N–H and O–H groups in total. The number of amides is 1. The lowest BCUT2D eigenvalue weighted by atomic mass is 9.81. The summed E-state index contributed by atoms with van der Waals surface area (Å²) >= 11 is 0. The Morgan fingerprint density at radius 3 is 2.48 bits per heavy atom. The molecule has 1 atom stereocenters. The number of likely N-dealkylation sites (tertiary alicyclic amines) is 2. The van der Waals surface area contributed by atoms with Crippen LogP contribution in [0.25, 0.3) is 0 Å². The molecule has 1 amide bonds. The van der Waals surface area contributed by atoms with Gasteiger partial charge in [-0.2, -0.15) is 0 Å². The summed E-state index contributed by atoms with van der Waals surface area (Å²) in [7, 11) is 4.20. The second kappa shape index (κ2) is 7.46. The molecule has 25 heavy (non-hydrogen) atoms. The van der Waals surface area contributed by atoms with Gasteiger partial charge in [-0.25, -0.2) is 0 Å². The number of likely N-dealkylation sites (N-methyl/N-ethyl adjacent to an activating group) is 2.